The molecule has 2 atom stereocenters. The minimum absolute atomic E-state index is 0.212. The van der Waals surface area contributed by atoms with E-state index in [4.69, 9.17) is 15.2 Å². The Morgan fingerprint density at radius 2 is 2.35 bits per heavy atom. The van der Waals surface area contributed by atoms with Crippen molar-refractivity contribution in [2.45, 2.75) is 58.7 Å². The first-order valence-electron chi connectivity index (χ1n) is 8.49. The normalized spacial score (nSPS) is 19.6. The fourth-order valence-electron chi connectivity index (χ4n) is 2.46. The van der Waals surface area contributed by atoms with Crippen molar-refractivity contribution in [3.05, 3.63) is 29.3 Å². The lowest BCUT2D eigenvalue weighted by Crippen LogP contribution is -2.38. The Labute approximate surface area is 139 Å². The Morgan fingerprint density at radius 3 is 3.04 bits per heavy atom. The molecule has 128 valence electrons. The second-order valence-electron chi connectivity index (χ2n) is 6.21. The monoisotopic (exact) mass is 319 g/mol. The zero-order valence-electron chi connectivity index (χ0n) is 14.5. The third-order valence-corrected chi connectivity index (χ3v) is 4.10. The SMILES string of the molecule is CCC(C)NC(N)=NCc1ccc(C)cc1OCC1CCCO1. The average molecular weight is 319 g/mol. The van der Waals surface area contributed by atoms with Gasteiger partial charge in [0.2, 0.25) is 0 Å². The summed E-state index contributed by atoms with van der Waals surface area (Å²) in [6.07, 6.45) is 3.42. The van der Waals surface area contributed by atoms with Crippen molar-refractivity contribution in [2.75, 3.05) is 13.2 Å². The summed E-state index contributed by atoms with van der Waals surface area (Å²) in [6, 6.07) is 6.51. The predicted molar refractivity (Wildman–Crippen MR) is 93.9 cm³/mol. The number of aryl methyl sites for hydroxylation is 1. The number of rotatable bonds is 7. The molecule has 5 heteroatoms. The van der Waals surface area contributed by atoms with Crippen molar-refractivity contribution in [1.29, 1.82) is 0 Å². The maximum Gasteiger partial charge on any atom is 0.189 e. The van der Waals surface area contributed by atoms with Crippen LogP contribution >= 0.6 is 0 Å². The zero-order valence-corrected chi connectivity index (χ0v) is 14.5. The van der Waals surface area contributed by atoms with E-state index in [1.165, 1.54) is 5.56 Å². The summed E-state index contributed by atoms with van der Waals surface area (Å²) >= 11 is 0. The van der Waals surface area contributed by atoms with E-state index in [2.05, 4.69) is 49.3 Å². The smallest absolute Gasteiger partial charge is 0.189 e. The molecular weight excluding hydrogens is 290 g/mol. The average Bonchev–Trinajstić information content (AvgIpc) is 3.05. The number of hydrogen-bond donors (Lipinski definition) is 2. The van der Waals surface area contributed by atoms with Crippen LogP contribution in [0.1, 0.15) is 44.2 Å². The van der Waals surface area contributed by atoms with Crippen molar-refractivity contribution in [3.8, 4) is 5.75 Å². The topological polar surface area (TPSA) is 68.9 Å². The van der Waals surface area contributed by atoms with Gasteiger partial charge in [-0.2, -0.15) is 0 Å². The first-order chi connectivity index (χ1) is 11.1. The molecule has 0 aromatic heterocycles. The summed E-state index contributed by atoms with van der Waals surface area (Å²) < 4.78 is 11.6. The van der Waals surface area contributed by atoms with Gasteiger partial charge in [0.1, 0.15) is 12.4 Å². The van der Waals surface area contributed by atoms with Gasteiger partial charge in [-0.3, -0.25) is 0 Å². The number of ether oxygens (including phenoxy) is 2. The summed E-state index contributed by atoms with van der Waals surface area (Å²) in [5.74, 6) is 1.35. The first kappa shape index (κ1) is 17.6. The summed E-state index contributed by atoms with van der Waals surface area (Å²) in [4.78, 5) is 4.42. The van der Waals surface area contributed by atoms with Crippen LogP contribution in [0.25, 0.3) is 0 Å². The summed E-state index contributed by atoms with van der Waals surface area (Å²) in [7, 11) is 0. The fraction of sp³-hybridized carbons (Fsp3) is 0.611. The van der Waals surface area contributed by atoms with E-state index in [1.54, 1.807) is 0 Å². The molecule has 1 aliphatic heterocycles. The van der Waals surface area contributed by atoms with Gasteiger partial charge in [0.05, 0.1) is 12.6 Å². The Balaban J connectivity index is 1.98. The van der Waals surface area contributed by atoms with E-state index in [0.717, 1.165) is 37.2 Å². The van der Waals surface area contributed by atoms with Crippen molar-refractivity contribution < 1.29 is 9.47 Å². The Kier molecular flexibility index (Phi) is 6.71. The zero-order chi connectivity index (χ0) is 16.7. The van der Waals surface area contributed by atoms with Gasteiger partial charge in [-0.25, -0.2) is 4.99 Å². The van der Waals surface area contributed by atoms with E-state index in [9.17, 15) is 0 Å². The molecule has 0 saturated carbocycles. The van der Waals surface area contributed by atoms with E-state index in [-0.39, 0.29) is 6.10 Å². The second kappa shape index (κ2) is 8.77. The van der Waals surface area contributed by atoms with E-state index < -0.39 is 0 Å². The highest BCUT2D eigenvalue weighted by molar-refractivity contribution is 5.78. The molecule has 0 bridgehead atoms. The fourth-order valence-corrected chi connectivity index (χ4v) is 2.46. The van der Waals surface area contributed by atoms with Gasteiger partial charge in [-0.1, -0.05) is 19.1 Å². The maximum atomic E-state index is 5.98. The van der Waals surface area contributed by atoms with Gasteiger partial charge in [-0.05, 0) is 44.7 Å². The van der Waals surface area contributed by atoms with Crippen molar-refractivity contribution >= 4 is 5.96 Å². The number of hydrogen-bond acceptors (Lipinski definition) is 3. The van der Waals surface area contributed by atoms with Crippen molar-refractivity contribution in [2.24, 2.45) is 10.7 Å². The van der Waals surface area contributed by atoms with Crippen LogP contribution in [-0.2, 0) is 11.3 Å². The second-order valence-corrected chi connectivity index (χ2v) is 6.21. The van der Waals surface area contributed by atoms with Gasteiger partial charge in [0, 0.05) is 18.2 Å². The van der Waals surface area contributed by atoms with Crippen LogP contribution in [0.3, 0.4) is 0 Å². The van der Waals surface area contributed by atoms with Crippen LogP contribution in [-0.4, -0.2) is 31.3 Å². The van der Waals surface area contributed by atoms with Gasteiger partial charge in [0.15, 0.2) is 5.96 Å². The molecule has 0 radical (unpaired) electrons. The molecule has 2 unspecified atom stereocenters. The van der Waals surface area contributed by atoms with Crippen molar-refractivity contribution in [1.82, 2.24) is 5.32 Å². The molecular formula is C18H29N3O2. The summed E-state index contributed by atoms with van der Waals surface area (Å²) in [6.45, 7) is 8.21. The third kappa shape index (κ3) is 5.75. The van der Waals surface area contributed by atoms with E-state index in [0.29, 0.717) is 25.2 Å². The number of nitrogens with zero attached hydrogens (tertiary/aromatic N) is 1. The molecule has 1 fully saturated rings. The standard InChI is InChI=1S/C18H29N3O2/c1-4-14(3)21-18(19)20-11-15-8-7-13(2)10-17(15)23-12-16-6-5-9-22-16/h7-8,10,14,16H,4-6,9,11-12H2,1-3H3,(H3,19,20,21). The Bertz CT molecular complexity index is 525. The Hall–Kier alpha value is -1.75. The predicted octanol–water partition coefficient (Wildman–Crippen LogP) is 2.76. The lowest BCUT2D eigenvalue weighted by molar-refractivity contribution is 0.0676. The molecule has 23 heavy (non-hydrogen) atoms. The molecule has 2 rings (SSSR count). The van der Waals surface area contributed by atoms with Crippen LogP contribution in [0.5, 0.6) is 5.75 Å². The number of nitrogens with two attached hydrogens (primary N) is 1. The van der Waals surface area contributed by atoms with Gasteiger partial charge >= 0.3 is 0 Å². The third-order valence-electron chi connectivity index (χ3n) is 4.10. The van der Waals surface area contributed by atoms with Crippen LogP contribution in [0.15, 0.2) is 23.2 Å². The van der Waals surface area contributed by atoms with Gasteiger partial charge < -0.3 is 20.5 Å². The van der Waals surface area contributed by atoms with Crippen LogP contribution in [0, 0.1) is 6.92 Å². The highest BCUT2D eigenvalue weighted by atomic mass is 16.5. The Morgan fingerprint density at radius 1 is 1.52 bits per heavy atom. The molecule has 0 spiro atoms. The molecule has 5 nitrogen and oxygen atoms in total. The van der Waals surface area contributed by atoms with Gasteiger partial charge in [0.25, 0.3) is 0 Å². The molecule has 0 amide bonds. The molecule has 1 aromatic carbocycles. The number of benzene rings is 1. The molecule has 1 aromatic rings. The first-order valence-corrected chi connectivity index (χ1v) is 8.49. The van der Waals surface area contributed by atoms with Crippen LogP contribution in [0.4, 0.5) is 0 Å². The minimum atomic E-state index is 0.212. The highest BCUT2D eigenvalue weighted by Gasteiger charge is 2.16. The maximum absolute atomic E-state index is 5.98. The lowest BCUT2D eigenvalue weighted by atomic mass is 10.1. The minimum Gasteiger partial charge on any atom is -0.491 e. The van der Waals surface area contributed by atoms with Crippen LogP contribution < -0.4 is 15.8 Å². The quantitative estimate of drug-likeness (QED) is 0.599. The number of aliphatic imine (C=N–C) groups is 1. The molecule has 1 aliphatic rings. The lowest BCUT2D eigenvalue weighted by Gasteiger charge is -2.15. The summed E-state index contributed by atoms with van der Waals surface area (Å²) in [5, 5.41) is 3.17. The van der Waals surface area contributed by atoms with E-state index in [1.807, 2.05) is 0 Å². The molecule has 0 aliphatic carbocycles. The molecule has 3 N–H and O–H groups in total. The number of guanidine groups is 1. The van der Waals surface area contributed by atoms with Gasteiger partial charge in [-0.15, -0.1) is 0 Å². The molecule has 1 heterocycles. The van der Waals surface area contributed by atoms with Crippen LogP contribution in [0.2, 0.25) is 0 Å². The summed E-state index contributed by atoms with van der Waals surface area (Å²) in [5.41, 5.74) is 8.15. The van der Waals surface area contributed by atoms with Crippen molar-refractivity contribution in [3.63, 3.8) is 0 Å². The molecule has 1 saturated heterocycles. The number of nitrogens with one attached hydrogen (secondary N) is 1. The largest absolute Gasteiger partial charge is 0.491 e. The van der Waals surface area contributed by atoms with E-state index >= 15 is 0 Å². The highest BCUT2D eigenvalue weighted by Crippen LogP contribution is 2.23.